The Morgan fingerprint density at radius 3 is 2.79 bits per heavy atom. The zero-order chi connectivity index (χ0) is 13.8. The summed E-state index contributed by atoms with van der Waals surface area (Å²) in [4.78, 5) is 12.3. The average molecular weight is 262 g/mol. The normalized spacial score (nSPS) is 23.7. The number of aromatic hydroxyl groups is 1. The standard InChI is InChI=1S/C15H22N2O2/c1-10-9-11(7-8-14(10)18)17-15(19)12-5-3-2-4-6-13(12)16/h7-9,12-13,18H,2-6,16H2,1H3,(H,17,19). The molecule has 0 saturated heterocycles. The van der Waals surface area contributed by atoms with Gasteiger partial charge < -0.3 is 16.2 Å². The van der Waals surface area contributed by atoms with E-state index in [0.717, 1.165) is 43.4 Å². The van der Waals surface area contributed by atoms with Gasteiger partial charge in [-0.15, -0.1) is 0 Å². The van der Waals surface area contributed by atoms with Gasteiger partial charge in [0.2, 0.25) is 5.91 Å². The van der Waals surface area contributed by atoms with Crippen LogP contribution in [0.5, 0.6) is 5.75 Å². The third-order valence-corrected chi connectivity index (χ3v) is 3.87. The fourth-order valence-corrected chi connectivity index (χ4v) is 2.63. The van der Waals surface area contributed by atoms with Gasteiger partial charge in [-0.05, 0) is 43.5 Å². The topological polar surface area (TPSA) is 75.4 Å². The Morgan fingerprint density at radius 1 is 1.32 bits per heavy atom. The van der Waals surface area contributed by atoms with Crippen molar-refractivity contribution >= 4 is 11.6 Å². The number of rotatable bonds is 2. The smallest absolute Gasteiger partial charge is 0.229 e. The third-order valence-electron chi connectivity index (χ3n) is 3.87. The van der Waals surface area contributed by atoms with E-state index < -0.39 is 0 Å². The summed E-state index contributed by atoms with van der Waals surface area (Å²) >= 11 is 0. The molecular formula is C15H22N2O2. The number of nitrogens with two attached hydrogens (primary N) is 1. The molecule has 19 heavy (non-hydrogen) atoms. The van der Waals surface area contributed by atoms with E-state index in [1.807, 2.05) is 6.92 Å². The molecule has 104 valence electrons. The molecule has 0 spiro atoms. The number of benzene rings is 1. The van der Waals surface area contributed by atoms with Gasteiger partial charge in [-0.1, -0.05) is 19.3 Å². The molecule has 1 fully saturated rings. The molecule has 0 heterocycles. The summed E-state index contributed by atoms with van der Waals surface area (Å²) in [5.41, 5.74) is 7.56. The van der Waals surface area contributed by atoms with Crippen LogP contribution in [0, 0.1) is 12.8 Å². The molecule has 4 nitrogen and oxygen atoms in total. The van der Waals surface area contributed by atoms with Crippen molar-refractivity contribution in [2.45, 2.75) is 45.1 Å². The number of hydrogen-bond donors (Lipinski definition) is 3. The number of anilines is 1. The molecule has 1 amide bonds. The Kier molecular flexibility index (Phi) is 4.43. The minimum absolute atomic E-state index is 0.000472. The van der Waals surface area contributed by atoms with E-state index in [2.05, 4.69) is 5.32 Å². The van der Waals surface area contributed by atoms with E-state index in [0.29, 0.717) is 0 Å². The molecular weight excluding hydrogens is 240 g/mol. The summed E-state index contributed by atoms with van der Waals surface area (Å²) in [6.45, 7) is 1.81. The number of nitrogens with one attached hydrogen (secondary N) is 1. The van der Waals surface area contributed by atoms with Crippen molar-refractivity contribution < 1.29 is 9.90 Å². The first kappa shape index (κ1) is 13.9. The fraction of sp³-hybridized carbons (Fsp3) is 0.533. The van der Waals surface area contributed by atoms with Gasteiger partial charge in [0.1, 0.15) is 5.75 Å². The highest BCUT2D eigenvalue weighted by atomic mass is 16.3. The largest absolute Gasteiger partial charge is 0.508 e. The predicted molar refractivity (Wildman–Crippen MR) is 76.0 cm³/mol. The highest BCUT2D eigenvalue weighted by Crippen LogP contribution is 2.25. The second kappa shape index (κ2) is 6.06. The second-order valence-corrected chi connectivity index (χ2v) is 5.40. The summed E-state index contributed by atoms with van der Waals surface area (Å²) in [7, 11) is 0. The van der Waals surface area contributed by atoms with Crippen molar-refractivity contribution in [1.82, 2.24) is 0 Å². The second-order valence-electron chi connectivity index (χ2n) is 5.40. The van der Waals surface area contributed by atoms with E-state index in [-0.39, 0.29) is 23.6 Å². The summed E-state index contributed by atoms with van der Waals surface area (Å²) in [5.74, 6) is 0.139. The molecule has 2 atom stereocenters. The lowest BCUT2D eigenvalue weighted by Gasteiger charge is -2.20. The first-order valence-electron chi connectivity index (χ1n) is 6.94. The summed E-state index contributed by atoms with van der Waals surface area (Å²) in [6.07, 6.45) is 5.14. The Balaban J connectivity index is 2.04. The molecule has 0 aromatic heterocycles. The van der Waals surface area contributed by atoms with Crippen molar-refractivity contribution in [2.24, 2.45) is 11.7 Å². The van der Waals surface area contributed by atoms with E-state index in [4.69, 9.17) is 5.73 Å². The van der Waals surface area contributed by atoms with Crippen molar-refractivity contribution in [3.05, 3.63) is 23.8 Å². The Bertz CT molecular complexity index is 459. The van der Waals surface area contributed by atoms with Crippen molar-refractivity contribution in [1.29, 1.82) is 0 Å². The number of phenols is 1. The summed E-state index contributed by atoms with van der Waals surface area (Å²) < 4.78 is 0. The zero-order valence-electron chi connectivity index (χ0n) is 11.4. The number of hydrogen-bond acceptors (Lipinski definition) is 3. The van der Waals surface area contributed by atoms with Gasteiger partial charge in [-0.2, -0.15) is 0 Å². The minimum Gasteiger partial charge on any atom is -0.508 e. The van der Waals surface area contributed by atoms with Gasteiger partial charge in [-0.3, -0.25) is 4.79 Å². The number of phenolic OH excluding ortho intramolecular Hbond substituents is 1. The Morgan fingerprint density at radius 2 is 2.05 bits per heavy atom. The monoisotopic (exact) mass is 262 g/mol. The van der Waals surface area contributed by atoms with Crippen LogP contribution in [-0.4, -0.2) is 17.1 Å². The molecule has 0 bridgehead atoms. The van der Waals surface area contributed by atoms with Crippen LogP contribution in [0.3, 0.4) is 0 Å². The zero-order valence-corrected chi connectivity index (χ0v) is 11.4. The summed E-state index contributed by atoms with van der Waals surface area (Å²) in [6, 6.07) is 5.04. The number of amides is 1. The lowest BCUT2D eigenvalue weighted by Crippen LogP contribution is -2.37. The summed E-state index contributed by atoms with van der Waals surface area (Å²) in [5, 5.41) is 12.4. The van der Waals surface area contributed by atoms with Gasteiger partial charge in [0.15, 0.2) is 0 Å². The van der Waals surface area contributed by atoms with Gasteiger partial charge >= 0.3 is 0 Å². The average Bonchev–Trinajstić information content (AvgIpc) is 2.58. The van der Waals surface area contributed by atoms with Crippen LogP contribution in [0.1, 0.15) is 37.7 Å². The van der Waals surface area contributed by atoms with Gasteiger partial charge in [0.25, 0.3) is 0 Å². The number of aryl methyl sites for hydroxylation is 1. The molecule has 0 aliphatic heterocycles. The van der Waals surface area contributed by atoms with Crippen molar-refractivity contribution in [3.8, 4) is 5.75 Å². The first-order chi connectivity index (χ1) is 9.08. The third kappa shape index (κ3) is 3.47. The van der Waals surface area contributed by atoms with Crippen LogP contribution in [0.15, 0.2) is 18.2 Å². The molecule has 2 rings (SSSR count). The number of carbonyl (C=O) groups is 1. The lowest BCUT2D eigenvalue weighted by atomic mass is 9.94. The van der Waals surface area contributed by atoms with Crippen LogP contribution in [0.2, 0.25) is 0 Å². The number of carbonyl (C=O) groups excluding carboxylic acids is 1. The molecule has 2 unspecified atom stereocenters. The maximum atomic E-state index is 12.3. The van der Waals surface area contributed by atoms with Crippen molar-refractivity contribution in [2.75, 3.05) is 5.32 Å². The SMILES string of the molecule is Cc1cc(NC(=O)C2CCCCCC2N)ccc1O. The fourth-order valence-electron chi connectivity index (χ4n) is 2.63. The molecule has 1 aromatic rings. The van der Waals surface area contributed by atoms with Crippen LogP contribution in [0.25, 0.3) is 0 Å². The van der Waals surface area contributed by atoms with Crippen LogP contribution < -0.4 is 11.1 Å². The Hall–Kier alpha value is -1.55. The van der Waals surface area contributed by atoms with E-state index in [9.17, 15) is 9.90 Å². The predicted octanol–water partition coefficient (Wildman–Crippen LogP) is 2.55. The first-order valence-corrected chi connectivity index (χ1v) is 6.94. The molecule has 0 radical (unpaired) electrons. The van der Waals surface area contributed by atoms with E-state index in [1.165, 1.54) is 0 Å². The molecule has 1 aliphatic carbocycles. The highest BCUT2D eigenvalue weighted by Gasteiger charge is 2.27. The van der Waals surface area contributed by atoms with Gasteiger partial charge in [0.05, 0.1) is 5.92 Å². The highest BCUT2D eigenvalue weighted by molar-refractivity contribution is 5.93. The maximum absolute atomic E-state index is 12.3. The molecule has 1 saturated carbocycles. The van der Waals surface area contributed by atoms with Crippen LogP contribution >= 0.6 is 0 Å². The molecule has 4 heteroatoms. The van der Waals surface area contributed by atoms with Gasteiger partial charge in [0, 0.05) is 11.7 Å². The molecule has 4 N–H and O–H groups in total. The Labute approximate surface area is 114 Å². The van der Waals surface area contributed by atoms with Crippen LogP contribution in [-0.2, 0) is 4.79 Å². The quantitative estimate of drug-likeness (QED) is 0.566. The molecule has 1 aliphatic rings. The minimum atomic E-state index is -0.100. The lowest BCUT2D eigenvalue weighted by molar-refractivity contribution is -0.120. The van der Waals surface area contributed by atoms with Gasteiger partial charge in [-0.25, -0.2) is 0 Å². The maximum Gasteiger partial charge on any atom is 0.229 e. The van der Waals surface area contributed by atoms with E-state index >= 15 is 0 Å². The van der Waals surface area contributed by atoms with Crippen molar-refractivity contribution in [3.63, 3.8) is 0 Å². The van der Waals surface area contributed by atoms with E-state index in [1.54, 1.807) is 18.2 Å². The van der Waals surface area contributed by atoms with Crippen LogP contribution in [0.4, 0.5) is 5.69 Å². The molecule has 1 aromatic carbocycles.